The number of anilines is 1. The number of piperidine rings is 1. The van der Waals surface area contributed by atoms with Crippen LogP contribution in [0, 0.1) is 5.82 Å². The first-order valence-corrected chi connectivity index (χ1v) is 10.8. The molecular formula is C19H26FIN4S2. The molecule has 8 heteroatoms. The third-order valence-electron chi connectivity index (χ3n) is 4.37. The molecule has 0 amide bonds. The van der Waals surface area contributed by atoms with E-state index in [1.165, 1.54) is 22.8 Å². The normalized spacial score (nSPS) is 15.3. The highest BCUT2D eigenvalue weighted by Crippen LogP contribution is 2.24. The van der Waals surface area contributed by atoms with E-state index < -0.39 is 0 Å². The number of hydrogen-bond acceptors (Lipinski definition) is 4. The number of thioether (sulfide) groups is 1. The molecule has 2 aromatic rings. The monoisotopic (exact) mass is 520 g/mol. The van der Waals surface area contributed by atoms with Crippen LogP contribution >= 0.6 is 47.1 Å². The fourth-order valence-corrected chi connectivity index (χ4v) is 4.56. The Morgan fingerprint density at radius 2 is 2.04 bits per heavy atom. The largest absolute Gasteiger partial charge is 0.363 e. The maximum atomic E-state index is 13.6. The molecule has 4 nitrogen and oxygen atoms in total. The quantitative estimate of drug-likeness (QED) is 0.195. The first-order valence-electron chi connectivity index (χ1n) is 8.89. The molecule has 1 saturated heterocycles. The van der Waals surface area contributed by atoms with Gasteiger partial charge in [0.15, 0.2) is 5.96 Å². The van der Waals surface area contributed by atoms with Crippen LogP contribution in [0.2, 0.25) is 0 Å². The Hall–Kier alpha value is -1.000. The fourth-order valence-electron chi connectivity index (χ4n) is 2.97. The zero-order valence-electron chi connectivity index (χ0n) is 15.4. The van der Waals surface area contributed by atoms with Crippen molar-refractivity contribution in [1.29, 1.82) is 0 Å². The molecule has 0 aliphatic carbocycles. The first kappa shape index (κ1) is 22.3. The average Bonchev–Trinajstić information content (AvgIpc) is 3.21. The summed E-state index contributed by atoms with van der Waals surface area (Å²) in [7, 11) is 1.79. The van der Waals surface area contributed by atoms with E-state index in [0.717, 1.165) is 44.2 Å². The van der Waals surface area contributed by atoms with Crippen molar-refractivity contribution in [2.45, 2.75) is 23.8 Å². The van der Waals surface area contributed by atoms with E-state index in [1.54, 1.807) is 24.5 Å². The molecule has 0 unspecified atom stereocenters. The molecule has 1 fully saturated rings. The van der Waals surface area contributed by atoms with Crippen molar-refractivity contribution in [2.24, 2.45) is 4.99 Å². The molecule has 2 N–H and O–H groups in total. The number of hydrogen-bond donors (Lipinski definition) is 2. The minimum atomic E-state index is -0.155. The third kappa shape index (κ3) is 6.83. The van der Waals surface area contributed by atoms with Gasteiger partial charge in [-0.3, -0.25) is 4.99 Å². The summed E-state index contributed by atoms with van der Waals surface area (Å²) < 4.78 is 13.6. The zero-order valence-corrected chi connectivity index (χ0v) is 19.3. The van der Waals surface area contributed by atoms with E-state index in [4.69, 9.17) is 0 Å². The van der Waals surface area contributed by atoms with Crippen LogP contribution in [0.25, 0.3) is 0 Å². The van der Waals surface area contributed by atoms with Crippen molar-refractivity contribution >= 4 is 58.0 Å². The molecule has 0 spiro atoms. The average molecular weight is 520 g/mol. The lowest BCUT2D eigenvalue weighted by Crippen LogP contribution is -2.49. The van der Waals surface area contributed by atoms with Crippen molar-refractivity contribution < 1.29 is 4.39 Å². The molecular weight excluding hydrogens is 494 g/mol. The number of nitrogens with one attached hydrogen (secondary N) is 2. The fraction of sp³-hybridized carbons (Fsp3) is 0.421. The smallest absolute Gasteiger partial charge is 0.191 e. The summed E-state index contributed by atoms with van der Waals surface area (Å²) in [6, 6.07) is 11.6. The van der Waals surface area contributed by atoms with Gasteiger partial charge < -0.3 is 15.5 Å². The molecule has 1 aliphatic heterocycles. The second-order valence-electron chi connectivity index (χ2n) is 6.13. The summed E-state index contributed by atoms with van der Waals surface area (Å²) in [6.07, 6.45) is 2.20. The van der Waals surface area contributed by atoms with E-state index in [0.29, 0.717) is 10.9 Å². The Balaban J connectivity index is 0.00000261. The lowest BCUT2D eigenvalue weighted by Gasteiger charge is -2.33. The molecule has 27 heavy (non-hydrogen) atoms. The van der Waals surface area contributed by atoms with Gasteiger partial charge in [0, 0.05) is 43.4 Å². The van der Waals surface area contributed by atoms with Gasteiger partial charge in [0.2, 0.25) is 0 Å². The highest BCUT2D eigenvalue weighted by atomic mass is 127. The maximum Gasteiger partial charge on any atom is 0.191 e. The lowest BCUT2D eigenvalue weighted by atomic mass is 10.1. The van der Waals surface area contributed by atoms with Crippen LogP contribution in [0.1, 0.15) is 12.8 Å². The van der Waals surface area contributed by atoms with Crippen LogP contribution < -0.4 is 15.5 Å². The molecule has 1 aromatic heterocycles. The standard InChI is InChI=1S/C19H25FN4S2.HI/c1-21-19(22-10-14-25-17-6-3-2-5-16(17)20)23-15-8-11-24(12-9-15)18-7-4-13-26-18;/h2-7,13,15H,8-12,14H2,1H3,(H2,21,22,23);1H. The summed E-state index contributed by atoms with van der Waals surface area (Å²) in [5.74, 6) is 1.46. The van der Waals surface area contributed by atoms with Crippen molar-refractivity contribution in [3.05, 3.63) is 47.6 Å². The van der Waals surface area contributed by atoms with Crippen LogP contribution in [-0.2, 0) is 0 Å². The summed E-state index contributed by atoms with van der Waals surface area (Å²) in [5, 5.41) is 10.3. The predicted octanol–water partition coefficient (Wildman–Crippen LogP) is 4.43. The number of rotatable bonds is 6. The number of nitrogens with zero attached hydrogens (tertiary/aromatic N) is 2. The SMILES string of the molecule is CN=C(NCCSc1ccccc1F)NC1CCN(c2cccs2)CC1.I. The highest BCUT2D eigenvalue weighted by Gasteiger charge is 2.20. The molecule has 0 radical (unpaired) electrons. The second kappa shape index (κ2) is 11.8. The lowest BCUT2D eigenvalue weighted by molar-refractivity contribution is 0.463. The number of halogens is 2. The van der Waals surface area contributed by atoms with Crippen LogP contribution in [0.3, 0.4) is 0 Å². The number of thiophene rings is 1. The molecule has 3 rings (SSSR count). The van der Waals surface area contributed by atoms with E-state index in [2.05, 4.69) is 38.0 Å². The topological polar surface area (TPSA) is 39.7 Å². The zero-order chi connectivity index (χ0) is 18.2. The van der Waals surface area contributed by atoms with Crippen LogP contribution in [-0.4, -0.2) is 44.4 Å². The van der Waals surface area contributed by atoms with Gasteiger partial charge in [-0.25, -0.2) is 4.39 Å². The van der Waals surface area contributed by atoms with Gasteiger partial charge in [0.25, 0.3) is 0 Å². The van der Waals surface area contributed by atoms with Gasteiger partial charge >= 0.3 is 0 Å². The molecule has 0 saturated carbocycles. The van der Waals surface area contributed by atoms with Crippen molar-refractivity contribution in [3.8, 4) is 0 Å². The summed E-state index contributed by atoms with van der Waals surface area (Å²) in [5.41, 5.74) is 0. The number of aliphatic imine (C=N–C) groups is 1. The maximum absolute atomic E-state index is 13.6. The molecule has 148 valence electrons. The molecule has 0 atom stereocenters. The summed E-state index contributed by atoms with van der Waals surface area (Å²) in [4.78, 5) is 7.45. The highest BCUT2D eigenvalue weighted by molar-refractivity contribution is 14.0. The van der Waals surface area contributed by atoms with E-state index in [-0.39, 0.29) is 29.8 Å². The molecule has 1 aromatic carbocycles. The Morgan fingerprint density at radius 1 is 1.26 bits per heavy atom. The first-order chi connectivity index (χ1) is 12.8. The predicted molar refractivity (Wildman–Crippen MR) is 127 cm³/mol. The van der Waals surface area contributed by atoms with Gasteiger partial charge in [-0.2, -0.15) is 0 Å². The van der Waals surface area contributed by atoms with Crippen molar-refractivity contribution in [1.82, 2.24) is 10.6 Å². The van der Waals surface area contributed by atoms with Gasteiger partial charge in [-0.05, 0) is 42.5 Å². The van der Waals surface area contributed by atoms with E-state index in [9.17, 15) is 4.39 Å². The van der Waals surface area contributed by atoms with E-state index in [1.807, 2.05) is 12.1 Å². The van der Waals surface area contributed by atoms with Crippen LogP contribution in [0.5, 0.6) is 0 Å². The Morgan fingerprint density at radius 3 is 2.70 bits per heavy atom. The summed E-state index contributed by atoms with van der Waals surface area (Å²) in [6.45, 7) is 2.88. The van der Waals surface area contributed by atoms with Gasteiger partial charge in [0.05, 0.1) is 5.00 Å². The van der Waals surface area contributed by atoms with Gasteiger partial charge in [-0.15, -0.1) is 47.1 Å². The minimum Gasteiger partial charge on any atom is -0.363 e. The molecule has 2 heterocycles. The van der Waals surface area contributed by atoms with Crippen LogP contribution in [0.15, 0.2) is 51.7 Å². The number of guanidine groups is 1. The van der Waals surface area contributed by atoms with Gasteiger partial charge in [0.1, 0.15) is 5.82 Å². The van der Waals surface area contributed by atoms with Crippen molar-refractivity contribution in [3.63, 3.8) is 0 Å². The number of benzene rings is 1. The second-order valence-corrected chi connectivity index (χ2v) is 8.20. The van der Waals surface area contributed by atoms with E-state index >= 15 is 0 Å². The minimum absolute atomic E-state index is 0. The Kier molecular flexibility index (Phi) is 9.70. The third-order valence-corrected chi connectivity index (χ3v) is 6.35. The summed E-state index contributed by atoms with van der Waals surface area (Å²) >= 11 is 3.32. The van der Waals surface area contributed by atoms with Crippen molar-refractivity contribution in [2.75, 3.05) is 37.3 Å². The Labute approximate surface area is 186 Å². The van der Waals surface area contributed by atoms with Crippen LogP contribution in [0.4, 0.5) is 9.39 Å². The van der Waals surface area contributed by atoms with Gasteiger partial charge in [-0.1, -0.05) is 12.1 Å². The molecule has 1 aliphatic rings. The molecule has 0 bridgehead atoms. The Bertz CT molecular complexity index is 703.